The van der Waals surface area contributed by atoms with E-state index in [1.54, 1.807) is 32.6 Å². The summed E-state index contributed by atoms with van der Waals surface area (Å²) >= 11 is 0. The molecule has 0 saturated carbocycles. The Labute approximate surface area is 191 Å². The van der Waals surface area contributed by atoms with Gasteiger partial charge in [0.2, 0.25) is 5.91 Å². The van der Waals surface area contributed by atoms with E-state index < -0.39 is 23.5 Å². The largest absolute Gasteiger partial charge is 0.481 e. The van der Waals surface area contributed by atoms with E-state index in [0.717, 1.165) is 26.3 Å². The van der Waals surface area contributed by atoms with Crippen LogP contribution in [0, 0.1) is 5.92 Å². The lowest BCUT2D eigenvalue weighted by Crippen LogP contribution is -2.47. The quantitative estimate of drug-likeness (QED) is 0.506. The highest BCUT2D eigenvalue weighted by Gasteiger charge is 2.21. The first-order valence-electron chi connectivity index (χ1n) is 10.3. The molecule has 2 heterocycles. The van der Waals surface area contributed by atoms with Crippen molar-refractivity contribution in [2.45, 2.75) is 52.7 Å². The summed E-state index contributed by atoms with van der Waals surface area (Å²) in [5.41, 5.74) is 4.89. The molecule has 31 heavy (non-hydrogen) atoms. The van der Waals surface area contributed by atoms with Gasteiger partial charge in [0.1, 0.15) is 5.60 Å². The second-order valence-electron chi connectivity index (χ2n) is 8.12. The maximum atomic E-state index is 11.2. The Balaban J connectivity index is 0. The molecule has 2 aliphatic rings. The van der Waals surface area contributed by atoms with Crippen molar-refractivity contribution >= 4 is 30.3 Å². The van der Waals surface area contributed by atoms with Crippen LogP contribution in [-0.2, 0) is 28.6 Å². The Bertz CT molecular complexity index is 506. The first-order chi connectivity index (χ1) is 13.9. The number of amides is 1. The number of ether oxygens (including phenoxy) is 3. The van der Waals surface area contributed by atoms with Crippen LogP contribution in [0.25, 0.3) is 0 Å². The van der Waals surface area contributed by atoms with E-state index in [0.29, 0.717) is 26.3 Å². The number of carboxylic acid groups (broad SMARTS) is 1. The number of morpholine rings is 2. The van der Waals surface area contributed by atoms with Gasteiger partial charge in [0.15, 0.2) is 0 Å². The third-order valence-electron chi connectivity index (χ3n) is 3.87. The molecule has 2 saturated heterocycles. The number of hydrogen-bond donors (Lipinski definition) is 3. The lowest BCUT2D eigenvalue weighted by atomic mass is 10.1. The first kappa shape index (κ1) is 31.7. The molecule has 0 unspecified atom stereocenters. The van der Waals surface area contributed by atoms with Crippen molar-refractivity contribution in [3.05, 3.63) is 0 Å². The van der Waals surface area contributed by atoms with E-state index in [9.17, 15) is 14.4 Å². The van der Waals surface area contributed by atoms with Gasteiger partial charge in [-0.2, -0.15) is 0 Å². The van der Waals surface area contributed by atoms with E-state index in [1.165, 1.54) is 6.92 Å². The molecule has 0 aromatic rings. The summed E-state index contributed by atoms with van der Waals surface area (Å²) in [6.45, 7) is 14.9. The van der Waals surface area contributed by atoms with Crippen LogP contribution in [0.2, 0.25) is 0 Å². The Morgan fingerprint density at radius 1 is 1.06 bits per heavy atom. The molecular formula is C20H40ClN3O7. The van der Waals surface area contributed by atoms with E-state index in [4.69, 9.17) is 25.1 Å². The molecule has 1 amide bonds. The van der Waals surface area contributed by atoms with Gasteiger partial charge in [-0.05, 0) is 27.7 Å². The molecule has 2 atom stereocenters. The molecule has 10 nitrogen and oxygen atoms in total. The van der Waals surface area contributed by atoms with E-state index in [1.807, 2.05) is 0 Å². The molecule has 0 bridgehead atoms. The number of carbonyl (C=O) groups excluding carboxylic acids is 2. The Kier molecular flexibility index (Phi) is 17.5. The average Bonchev–Trinajstić information content (AvgIpc) is 2.68. The maximum Gasteiger partial charge on any atom is 0.307 e. The number of carbonyl (C=O) groups is 3. The van der Waals surface area contributed by atoms with Gasteiger partial charge in [-0.3, -0.25) is 14.4 Å². The van der Waals surface area contributed by atoms with Gasteiger partial charge < -0.3 is 35.3 Å². The Morgan fingerprint density at radius 3 is 1.87 bits per heavy atom. The van der Waals surface area contributed by atoms with Gasteiger partial charge in [0, 0.05) is 26.2 Å². The molecule has 0 aromatic heterocycles. The van der Waals surface area contributed by atoms with Gasteiger partial charge >= 0.3 is 11.9 Å². The molecule has 11 heteroatoms. The minimum atomic E-state index is -0.981. The van der Waals surface area contributed by atoms with Gasteiger partial charge in [-0.15, -0.1) is 12.4 Å². The van der Waals surface area contributed by atoms with Crippen molar-refractivity contribution in [1.29, 1.82) is 0 Å². The van der Waals surface area contributed by atoms with Gasteiger partial charge in [-0.25, -0.2) is 0 Å². The summed E-state index contributed by atoms with van der Waals surface area (Å²) in [6, 6.07) is -0.381. The third-order valence-corrected chi connectivity index (χ3v) is 3.87. The highest BCUT2D eigenvalue weighted by molar-refractivity contribution is 5.85. The van der Waals surface area contributed by atoms with E-state index in [-0.39, 0.29) is 30.8 Å². The number of halogens is 1. The van der Waals surface area contributed by atoms with Crippen LogP contribution < -0.4 is 11.1 Å². The molecule has 184 valence electrons. The number of carboxylic acids is 1. The third kappa shape index (κ3) is 17.9. The molecule has 4 N–H and O–H groups in total. The number of nitrogens with one attached hydrogen (secondary N) is 1. The highest BCUT2D eigenvalue weighted by Crippen LogP contribution is 2.11. The number of rotatable bonds is 4. The Morgan fingerprint density at radius 2 is 1.55 bits per heavy atom. The monoisotopic (exact) mass is 469 g/mol. The minimum absolute atomic E-state index is 0. The Hall–Kier alpha value is -1.46. The van der Waals surface area contributed by atoms with E-state index in [2.05, 4.69) is 5.32 Å². The minimum Gasteiger partial charge on any atom is -0.481 e. The summed E-state index contributed by atoms with van der Waals surface area (Å²) < 4.78 is 15.1. The molecule has 2 fully saturated rings. The smallest absolute Gasteiger partial charge is 0.307 e. The number of nitrogens with zero attached hydrogens (tertiary/aromatic N) is 1. The summed E-state index contributed by atoms with van der Waals surface area (Å²) in [5, 5.41) is 11.7. The van der Waals surface area contributed by atoms with Gasteiger partial charge in [0.25, 0.3) is 0 Å². The highest BCUT2D eigenvalue weighted by atomic mass is 35.5. The zero-order valence-electron chi connectivity index (χ0n) is 19.3. The van der Waals surface area contributed by atoms with Crippen LogP contribution in [0.1, 0.15) is 41.0 Å². The fraction of sp³-hybridized carbons (Fsp3) is 0.850. The SMILES string of the molecule is C1COCCN1.C[C@H](CC(=O)OC(C)(C)C)C(=O)O.C[C@H](N)C(=O)N1CCOCC1.Cl. The average molecular weight is 470 g/mol. The molecule has 2 aliphatic heterocycles. The molecule has 0 aromatic carbocycles. The number of aliphatic carboxylic acids is 1. The standard InChI is InChI=1S/C9H16O4.C7H14N2O2.C4H9NO.ClH/c1-6(8(11)12)5-7(10)13-9(2,3)4;1-6(8)7(10)9-2-4-11-5-3-9;1-3-6-4-2-5-1;/h6H,5H2,1-4H3,(H,11,12);6H,2-5,8H2,1H3;5H,1-4H2;1H/t2*6-;;/m10../s1. The van der Waals surface area contributed by atoms with Crippen molar-refractivity contribution in [3.63, 3.8) is 0 Å². The molecule has 0 aliphatic carbocycles. The van der Waals surface area contributed by atoms with Gasteiger partial charge in [0.05, 0.1) is 44.8 Å². The lowest BCUT2D eigenvalue weighted by Gasteiger charge is -2.28. The van der Waals surface area contributed by atoms with Crippen LogP contribution in [0.3, 0.4) is 0 Å². The fourth-order valence-electron chi connectivity index (χ4n) is 2.31. The normalized spacial score (nSPS) is 17.9. The van der Waals surface area contributed by atoms with Crippen LogP contribution in [0.15, 0.2) is 0 Å². The van der Waals surface area contributed by atoms with Crippen LogP contribution in [-0.4, -0.2) is 92.1 Å². The van der Waals surface area contributed by atoms with Crippen molar-refractivity contribution in [1.82, 2.24) is 10.2 Å². The van der Waals surface area contributed by atoms with Crippen molar-refractivity contribution in [2.24, 2.45) is 11.7 Å². The predicted molar refractivity (Wildman–Crippen MR) is 119 cm³/mol. The lowest BCUT2D eigenvalue weighted by molar-refractivity contribution is -0.159. The zero-order valence-corrected chi connectivity index (χ0v) is 20.2. The van der Waals surface area contributed by atoms with Gasteiger partial charge in [-0.1, -0.05) is 6.92 Å². The molecule has 2 rings (SSSR count). The van der Waals surface area contributed by atoms with Crippen LogP contribution >= 0.6 is 12.4 Å². The van der Waals surface area contributed by atoms with E-state index >= 15 is 0 Å². The first-order valence-corrected chi connectivity index (χ1v) is 10.3. The summed E-state index contributed by atoms with van der Waals surface area (Å²) in [4.78, 5) is 34.5. The fourth-order valence-corrected chi connectivity index (χ4v) is 2.31. The second kappa shape index (κ2) is 17.1. The zero-order chi connectivity index (χ0) is 23.2. The summed E-state index contributed by atoms with van der Waals surface area (Å²) in [7, 11) is 0. The molecular weight excluding hydrogens is 430 g/mol. The summed E-state index contributed by atoms with van der Waals surface area (Å²) in [6.07, 6.45) is -0.0768. The second-order valence-corrected chi connectivity index (χ2v) is 8.12. The molecule has 0 spiro atoms. The molecule has 0 radical (unpaired) electrons. The number of esters is 1. The van der Waals surface area contributed by atoms with Crippen LogP contribution in [0.5, 0.6) is 0 Å². The van der Waals surface area contributed by atoms with Crippen LogP contribution in [0.4, 0.5) is 0 Å². The summed E-state index contributed by atoms with van der Waals surface area (Å²) in [5.74, 6) is -2.11. The topological polar surface area (TPSA) is 140 Å². The maximum absolute atomic E-state index is 11.2. The number of hydrogen-bond acceptors (Lipinski definition) is 8. The predicted octanol–water partition coefficient (Wildman–Crippen LogP) is 0.659. The van der Waals surface area contributed by atoms with Crippen molar-refractivity contribution < 1.29 is 33.7 Å². The van der Waals surface area contributed by atoms with Crippen molar-refractivity contribution in [3.8, 4) is 0 Å². The number of nitrogens with two attached hydrogens (primary N) is 1. The van der Waals surface area contributed by atoms with Crippen molar-refractivity contribution in [2.75, 3.05) is 52.6 Å².